The fraction of sp³-hybridized carbons (Fsp3) is 0.292. The van der Waals surface area contributed by atoms with Gasteiger partial charge in [0.05, 0.1) is 33.9 Å². The van der Waals surface area contributed by atoms with Gasteiger partial charge in [0.25, 0.3) is 11.7 Å². The van der Waals surface area contributed by atoms with Crippen LogP contribution in [0.1, 0.15) is 40.2 Å². The lowest BCUT2D eigenvalue weighted by molar-refractivity contribution is -0.234. The first kappa shape index (κ1) is 24.2. The summed E-state index contributed by atoms with van der Waals surface area (Å²) in [5, 5.41) is 0. The molecule has 1 saturated heterocycles. The number of carbonyl (C=O) groups excluding carboxylic acids is 1. The number of nitrogens with two attached hydrogens (primary N) is 1. The summed E-state index contributed by atoms with van der Waals surface area (Å²) in [5.41, 5.74) is 3.10. The van der Waals surface area contributed by atoms with E-state index in [2.05, 4.69) is 9.97 Å². The van der Waals surface area contributed by atoms with Crippen molar-refractivity contribution in [1.82, 2.24) is 19.3 Å². The van der Waals surface area contributed by atoms with Gasteiger partial charge in [-0.2, -0.15) is 17.6 Å². The molecular formula is C24H16F7N5O2. The van der Waals surface area contributed by atoms with Crippen LogP contribution in [-0.4, -0.2) is 37.6 Å². The molecule has 198 valence electrons. The number of aryl methyl sites for hydroxylation is 1. The third-order valence-electron chi connectivity index (χ3n) is 6.99. The number of hydrogen-bond acceptors (Lipinski definition) is 5. The van der Waals surface area contributed by atoms with Crippen LogP contribution in [0, 0.1) is 18.6 Å². The van der Waals surface area contributed by atoms with Crippen molar-refractivity contribution in [3.63, 3.8) is 0 Å². The minimum Gasteiger partial charge on any atom is -0.449 e. The van der Waals surface area contributed by atoms with E-state index < -0.39 is 70.8 Å². The summed E-state index contributed by atoms with van der Waals surface area (Å²) in [6, 6.07) is 2.73. The number of halogens is 7. The van der Waals surface area contributed by atoms with Gasteiger partial charge in [0.15, 0.2) is 11.6 Å². The first-order valence-corrected chi connectivity index (χ1v) is 11.3. The maximum Gasteiger partial charge on any atom is 0.419 e. The Kier molecular flexibility index (Phi) is 4.77. The van der Waals surface area contributed by atoms with E-state index in [0.29, 0.717) is 22.3 Å². The second-order valence-electron chi connectivity index (χ2n) is 9.16. The van der Waals surface area contributed by atoms with Crippen LogP contribution in [0.3, 0.4) is 0 Å². The quantitative estimate of drug-likeness (QED) is 0.266. The molecule has 2 atom stereocenters. The number of benzene rings is 2. The molecule has 0 unspecified atom stereocenters. The Morgan fingerprint density at radius 2 is 1.89 bits per heavy atom. The molecule has 6 rings (SSSR count). The van der Waals surface area contributed by atoms with Gasteiger partial charge >= 0.3 is 12.0 Å². The van der Waals surface area contributed by atoms with Crippen LogP contribution in [0.2, 0.25) is 0 Å². The molecule has 0 bridgehead atoms. The van der Waals surface area contributed by atoms with Crippen molar-refractivity contribution in [3.8, 4) is 5.75 Å². The van der Waals surface area contributed by atoms with E-state index in [1.54, 1.807) is 6.92 Å². The van der Waals surface area contributed by atoms with E-state index in [1.807, 2.05) is 0 Å². The summed E-state index contributed by atoms with van der Waals surface area (Å²) in [5.74, 6) is -12.3. The summed E-state index contributed by atoms with van der Waals surface area (Å²) in [7, 11) is 0. The van der Waals surface area contributed by atoms with Gasteiger partial charge in [-0.05, 0) is 31.5 Å². The Hall–Kier alpha value is -4.10. The fourth-order valence-electron chi connectivity index (χ4n) is 5.24. The van der Waals surface area contributed by atoms with Crippen LogP contribution in [-0.2, 0) is 12.0 Å². The van der Waals surface area contributed by atoms with E-state index in [0.717, 1.165) is 12.1 Å². The lowest BCUT2D eigenvalue weighted by atomic mass is 9.88. The van der Waals surface area contributed by atoms with Gasteiger partial charge in [-0.3, -0.25) is 14.1 Å². The van der Waals surface area contributed by atoms with Gasteiger partial charge < -0.3 is 10.5 Å². The van der Waals surface area contributed by atoms with Crippen molar-refractivity contribution in [2.75, 3.05) is 12.3 Å². The summed E-state index contributed by atoms with van der Waals surface area (Å²) >= 11 is 0. The summed E-state index contributed by atoms with van der Waals surface area (Å²) in [4.78, 5) is 22.1. The molecule has 2 aromatic carbocycles. The molecule has 2 N–H and O–H groups in total. The standard InChI is InChI=1S/C24H16F7N5O2/c1-10-33-9-17-20(32)34-15-8-14(25)11(7-16(15)36(10)17)21(37)35-6-2-5-22(27)23(35,28)13-4-3-12(24(29,30)31)18(26)19(13)38-22/h3-4,7-9H,2,5-6H2,1H3,(H2,32,34)/t22-,23-/m0/s1. The second kappa shape index (κ2) is 7.48. The highest BCUT2D eigenvalue weighted by Gasteiger charge is 2.70. The van der Waals surface area contributed by atoms with Crippen LogP contribution in [0.15, 0.2) is 30.5 Å². The zero-order valence-electron chi connectivity index (χ0n) is 19.3. The highest BCUT2D eigenvalue weighted by Crippen LogP contribution is 2.59. The van der Waals surface area contributed by atoms with Crippen molar-refractivity contribution >= 4 is 28.3 Å². The second-order valence-corrected chi connectivity index (χ2v) is 9.16. The molecule has 1 fully saturated rings. The number of anilines is 1. The van der Waals surface area contributed by atoms with E-state index in [9.17, 15) is 22.4 Å². The van der Waals surface area contributed by atoms with Crippen LogP contribution in [0.25, 0.3) is 16.6 Å². The molecule has 2 aliphatic heterocycles. The smallest absolute Gasteiger partial charge is 0.419 e. The molecular weight excluding hydrogens is 523 g/mol. The van der Waals surface area contributed by atoms with Gasteiger partial charge in [-0.25, -0.2) is 23.1 Å². The third kappa shape index (κ3) is 2.99. The first-order valence-electron chi connectivity index (χ1n) is 11.3. The largest absolute Gasteiger partial charge is 0.449 e. The number of ether oxygens (including phenoxy) is 1. The maximum absolute atomic E-state index is 16.7. The lowest BCUT2D eigenvalue weighted by Gasteiger charge is -2.44. The van der Waals surface area contributed by atoms with E-state index >= 15 is 13.2 Å². The molecule has 1 amide bonds. The van der Waals surface area contributed by atoms with Crippen molar-refractivity contribution in [3.05, 3.63) is 64.6 Å². The van der Waals surface area contributed by atoms with Crippen molar-refractivity contribution in [1.29, 1.82) is 0 Å². The monoisotopic (exact) mass is 539 g/mol. The summed E-state index contributed by atoms with van der Waals surface area (Å²) in [6.45, 7) is 1.16. The zero-order valence-corrected chi connectivity index (χ0v) is 19.3. The molecule has 14 heteroatoms. The number of nitrogen functional groups attached to an aromatic ring is 1. The number of alkyl halides is 5. The average Bonchev–Trinajstić information content (AvgIpc) is 3.34. The van der Waals surface area contributed by atoms with Crippen LogP contribution >= 0.6 is 0 Å². The van der Waals surface area contributed by atoms with Gasteiger partial charge in [-0.15, -0.1) is 0 Å². The average molecular weight is 539 g/mol. The number of imidazole rings is 1. The van der Waals surface area contributed by atoms with Gasteiger partial charge in [0.1, 0.15) is 23.0 Å². The fourth-order valence-corrected chi connectivity index (χ4v) is 5.24. The Bertz CT molecular complexity index is 1690. The van der Waals surface area contributed by atoms with Gasteiger partial charge in [0.2, 0.25) is 0 Å². The predicted octanol–water partition coefficient (Wildman–Crippen LogP) is 5.19. The van der Waals surface area contributed by atoms with E-state index in [1.165, 1.54) is 10.6 Å². The number of hydrogen-bond donors (Lipinski definition) is 1. The Morgan fingerprint density at radius 1 is 1.16 bits per heavy atom. The Morgan fingerprint density at radius 3 is 2.61 bits per heavy atom. The number of amides is 1. The summed E-state index contributed by atoms with van der Waals surface area (Å²) < 4.78 is 109. The highest BCUT2D eigenvalue weighted by molar-refractivity contribution is 5.99. The number of rotatable bonds is 1. The Labute approximate surface area is 208 Å². The SMILES string of the molecule is Cc1ncc2c(N)nc3cc(F)c(C(=O)N4CCC[C@]5(F)Oc6c(ccc(C(F)(F)F)c6F)[C@]45F)cc3n12. The number of carbonyl (C=O) groups is 1. The topological polar surface area (TPSA) is 85.8 Å². The van der Waals surface area contributed by atoms with Crippen LogP contribution in [0.4, 0.5) is 36.6 Å². The van der Waals surface area contributed by atoms with Gasteiger partial charge in [0, 0.05) is 19.0 Å². The minimum absolute atomic E-state index is 0.0393. The number of fused-ring (bicyclic) bond motifs is 6. The molecule has 4 aromatic rings. The molecule has 2 aromatic heterocycles. The molecule has 7 nitrogen and oxygen atoms in total. The molecule has 4 heterocycles. The predicted molar refractivity (Wildman–Crippen MR) is 119 cm³/mol. The normalized spacial score (nSPS) is 23.0. The van der Waals surface area contributed by atoms with Crippen molar-refractivity contribution in [2.24, 2.45) is 0 Å². The van der Waals surface area contributed by atoms with Crippen LogP contribution in [0.5, 0.6) is 5.75 Å². The molecule has 38 heavy (non-hydrogen) atoms. The third-order valence-corrected chi connectivity index (χ3v) is 6.99. The number of aromatic nitrogens is 3. The highest BCUT2D eigenvalue weighted by atomic mass is 19.4. The molecule has 2 aliphatic rings. The van der Waals surface area contributed by atoms with E-state index in [4.69, 9.17) is 10.5 Å². The molecule has 0 saturated carbocycles. The van der Waals surface area contributed by atoms with Crippen molar-refractivity contribution in [2.45, 2.75) is 37.6 Å². The first-order chi connectivity index (χ1) is 17.8. The maximum atomic E-state index is 16.7. The number of piperidine rings is 1. The lowest BCUT2D eigenvalue weighted by Crippen LogP contribution is -2.61. The zero-order chi connectivity index (χ0) is 27.4. The summed E-state index contributed by atoms with van der Waals surface area (Å²) in [6.07, 6.45) is -4.65. The molecule has 0 radical (unpaired) electrons. The van der Waals surface area contributed by atoms with Gasteiger partial charge in [-0.1, -0.05) is 0 Å². The van der Waals surface area contributed by atoms with E-state index in [-0.39, 0.29) is 29.3 Å². The van der Waals surface area contributed by atoms with Crippen molar-refractivity contribution < 1.29 is 40.3 Å². The Balaban J connectivity index is 1.52. The molecule has 0 aliphatic carbocycles. The minimum atomic E-state index is -5.17. The molecule has 0 spiro atoms. The number of likely N-dealkylation sites (tertiary alicyclic amines) is 1. The number of nitrogens with zero attached hydrogens (tertiary/aromatic N) is 4. The van der Waals surface area contributed by atoms with Crippen LogP contribution < -0.4 is 10.5 Å².